The number of benzene rings is 2. The molecule has 0 unspecified atom stereocenters. The molecule has 1 atom stereocenters. The van der Waals surface area contributed by atoms with Crippen LogP contribution in [0.3, 0.4) is 0 Å². The minimum Gasteiger partial charge on any atom is -0.507 e. The van der Waals surface area contributed by atoms with Crippen molar-refractivity contribution in [3.8, 4) is 0 Å². The van der Waals surface area contributed by atoms with Gasteiger partial charge in [0.15, 0.2) is 0 Å². The van der Waals surface area contributed by atoms with Gasteiger partial charge in [-0.05, 0) is 24.6 Å². The van der Waals surface area contributed by atoms with Gasteiger partial charge in [0.1, 0.15) is 5.76 Å². The number of nitrogens with zero attached hydrogens (tertiary/aromatic N) is 2. The van der Waals surface area contributed by atoms with Crippen LogP contribution in [0.25, 0.3) is 5.76 Å². The zero-order valence-corrected chi connectivity index (χ0v) is 19.2. The van der Waals surface area contributed by atoms with E-state index in [1.165, 1.54) is 4.90 Å². The molecular formula is C24H24Cl2N2O4. The largest absolute Gasteiger partial charge is 0.507 e. The molecule has 168 valence electrons. The van der Waals surface area contributed by atoms with E-state index in [4.69, 9.17) is 27.9 Å². The van der Waals surface area contributed by atoms with E-state index in [9.17, 15) is 14.7 Å². The highest BCUT2D eigenvalue weighted by Crippen LogP contribution is 2.42. The molecule has 1 N–H and O–H groups in total. The summed E-state index contributed by atoms with van der Waals surface area (Å²) in [4.78, 5) is 29.8. The third-order valence-corrected chi connectivity index (χ3v) is 6.45. The van der Waals surface area contributed by atoms with Gasteiger partial charge in [-0.25, -0.2) is 0 Å². The van der Waals surface area contributed by atoms with Crippen LogP contribution >= 0.6 is 23.2 Å². The Hall–Kier alpha value is -2.38. The van der Waals surface area contributed by atoms with E-state index in [0.717, 1.165) is 18.7 Å². The average molecular weight is 475 g/mol. The highest BCUT2D eigenvalue weighted by Gasteiger charge is 2.46. The first-order valence-electron chi connectivity index (χ1n) is 10.5. The highest BCUT2D eigenvalue weighted by molar-refractivity contribution is 6.47. The second-order valence-corrected chi connectivity index (χ2v) is 8.82. The van der Waals surface area contributed by atoms with E-state index >= 15 is 0 Å². The summed E-state index contributed by atoms with van der Waals surface area (Å²) in [5.41, 5.74) is 2.07. The van der Waals surface area contributed by atoms with Crippen LogP contribution in [0.5, 0.6) is 0 Å². The van der Waals surface area contributed by atoms with Crippen LogP contribution in [0.1, 0.15) is 22.7 Å². The lowest BCUT2D eigenvalue weighted by Crippen LogP contribution is -2.42. The van der Waals surface area contributed by atoms with Gasteiger partial charge in [-0.2, -0.15) is 0 Å². The zero-order valence-electron chi connectivity index (χ0n) is 17.7. The summed E-state index contributed by atoms with van der Waals surface area (Å²) in [6, 6.07) is 11.3. The number of hydrogen-bond donors (Lipinski definition) is 1. The number of halogens is 2. The first-order valence-corrected chi connectivity index (χ1v) is 11.2. The summed E-state index contributed by atoms with van der Waals surface area (Å²) in [6.45, 7) is 5.64. The molecule has 2 aliphatic heterocycles. The minimum absolute atomic E-state index is 0.0325. The molecule has 0 spiro atoms. The predicted octanol–water partition coefficient (Wildman–Crippen LogP) is 4.06. The number of amides is 1. The molecule has 0 aromatic heterocycles. The molecule has 0 radical (unpaired) electrons. The number of ketones is 1. The maximum atomic E-state index is 13.1. The number of hydrogen-bond acceptors (Lipinski definition) is 5. The lowest BCUT2D eigenvalue weighted by Gasteiger charge is -2.31. The van der Waals surface area contributed by atoms with Crippen LogP contribution in [0.15, 0.2) is 48.0 Å². The Morgan fingerprint density at radius 1 is 1.06 bits per heavy atom. The van der Waals surface area contributed by atoms with E-state index in [1.54, 1.807) is 30.3 Å². The van der Waals surface area contributed by atoms with Gasteiger partial charge in [-0.1, -0.05) is 59.1 Å². The topological polar surface area (TPSA) is 70.1 Å². The van der Waals surface area contributed by atoms with Crippen molar-refractivity contribution in [2.24, 2.45) is 0 Å². The summed E-state index contributed by atoms with van der Waals surface area (Å²) in [6.07, 6.45) is 0. The summed E-state index contributed by atoms with van der Waals surface area (Å²) in [5.74, 6) is -1.59. The molecule has 2 saturated heterocycles. The normalized spacial score (nSPS) is 21.3. The fraction of sp³-hybridized carbons (Fsp3) is 0.333. The van der Waals surface area contributed by atoms with Gasteiger partial charge in [-0.15, -0.1) is 0 Å². The van der Waals surface area contributed by atoms with Crippen molar-refractivity contribution in [3.05, 3.63) is 74.8 Å². The Morgan fingerprint density at radius 2 is 1.75 bits per heavy atom. The summed E-state index contributed by atoms with van der Waals surface area (Å²) < 4.78 is 5.39. The highest BCUT2D eigenvalue weighted by atomic mass is 35.5. The van der Waals surface area contributed by atoms with E-state index in [0.29, 0.717) is 47.5 Å². The average Bonchev–Trinajstić information content (AvgIpc) is 3.03. The number of aliphatic hydroxyl groups excluding tert-OH is 1. The van der Waals surface area contributed by atoms with E-state index in [1.807, 2.05) is 19.1 Å². The molecule has 2 heterocycles. The van der Waals surface area contributed by atoms with Gasteiger partial charge < -0.3 is 14.7 Å². The van der Waals surface area contributed by atoms with Gasteiger partial charge in [0, 0.05) is 41.8 Å². The molecule has 2 aliphatic rings. The van der Waals surface area contributed by atoms with Crippen LogP contribution in [-0.2, 0) is 14.3 Å². The molecule has 8 heteroatoms. The van der Waals surface area contributed by atoms with E-state index in [-0.39, 0.29) is 11.3 Å². The molecular weight excluding hydrogens is 451 g/mol. The number of rotatable bonds is 5. The van der Waals surface area contributed by atoms with Crippen molar-refractivity contribution in [2.75, 3.05) is 39.4 Å². The van der Waals surface area contributed by atoms with Crippen LogP contribution in [0, 0.1) is 6.92 Å². The quantitative estimate of drug-likeness (QED) is 0.402. The lowest BCUT2D eigenvalue weighted by molar-refractivity contribution is -0.140. The Morgan fingerprint density at radius 3 is 2.41 bits per heavy atom. The second-order valence-electron chi connectivity index (χ2n) is 7.98. The Kier molecular flexibility index (Phi) is 6.86. The third kappa shape index (κ3) is 4.55. The Labute approximate surface area is 197 Å². The first-order chi connectivity index (χ1) is 15.4. The first kappa shape index (κ1) is 22.8. The van der Waals surface area contributed by atoms with Crippen molar-refractivity contribution in [1.82, 2.24) is 9.80 Å². The number of carbonyl (C=O) groups excluding carboxylic acids is 2. The number of aryl methyl sites for hydroxylation is 1. The van der Waals surface area contributed by atoms with E-state index in [2.05, 4.69) is 4.90 Å². The van der Waals surface area contributed by atoms with Gasteiger partial charge in [0.25, 0.3) is 11.7 Å². The summed E-state index contributed by atoms with van der Waals surface area (Å²) in [7, 11) is 0. The van der Waals surface area contributed by atoms with Crippen LogP contribution in [0.2, 0.25) is 10.0 Å². The molecule has 2 aromatic carbocycles. The Balaban J connectivity index is 1.76. The van der Waals surface area contributed by atoms with Crippen LogP contribution in [0.4, 0.5) is 0 Å². The minimum atomic E-state index is -0.804. The van der Waals surface area contributed by atoms with Crippen molar-refractivity contribution in [1.29, 1.82) is 0 Å². The fourth-order valence-electron chi connectivity index (χ4n) is 4.10. The molecule has 1 amide bonds. The van der Waals surface area contributed by atoms with Crippen LogP contribution < -0.4 is 0 Å². The molecule has 4 rings (SSSR count). The van der Waals surface area contributed by atoms with Crippen LogP contribution in [-0.4, -0.2) is 66.0 Å². The molecule has 0 bridgehead atoms. The number of Topliss-reactive ketones (excluding diaryl/α,β-unsaturated/α-hetero) is 1. The number of aliphatic hydroxyl groups is 1. The third-order valence-electron chi connectivity index (χ3n) is 5.88. The van der Waals surface area contributed by atoms with Gasteiger partial charge in [0.2, 0.25) is 0 Å². The molecule has 2 fully saturated rings. The predicted molar refractivity (Wildman–Crippen MR) is 124 cm³/mol. The van der Waals surface area contributed by atoms with Crippen molar-refractivity contribution in [2.45, 2.75) is 13.0 Å². The van der Waals surface area contributed by atoms with Crippen molar-refractivity contribution < 1.29 is 19.4 Å². The maximum Gasteiger partial charge on any atom is 0.295 e. The lowest BCUT2D eigenvalue weighted by atomic mass is 9.95. The standard InChI is InChI=1S/C24H24Cl2N2O4/c1-15-2-4-16(5-3-15)22(29)20-21(18-7-6-17(25)14-19(18)26)28(24(31)23(20)30)9-8-27-10-12-32-13-11-27/h2-7,14,21,29H,8-13H2,1H3/b22-20+/t21-/m1/s1. The molecule has 6 nitrogen and oxygen atoms in total. The van der Waals surface area contributed by atoms with Crippen molar-refractivity contribution in [3.63, 3.8) is 0 Å². The number of ether oxygens (including phenoxy) is 1. The fourth-order valence-corrected chi connectivity index (χ4v) is 4.61. The second kappa shape index (κ2) is 9.63. The molecule has 0 aliphatic carbocycles. The zero-order chi connectivity index (χ0) is 22.8. The summed E-state index contributed by atoms with van der Waals surface area (Å²) in [5, 5.41) is 11.9. The smallest absolute Gasteiger partial charge is 0.295 e. The molecule has 2 aromatic rings. The van der Waals surface area contributed by atoms with Gasteiger partial charge >= 0.3 is 0 Å². The number of carbonyl (C=O) groups is 2. The number of likely N-dealkylation sites (tertiary alicyclic amines) is 1. The Bertz CT molecular complexity index is 1060. The summed E-state index contributed by atoms with van der Waals surface area (Å²) >= 11 is 12.6. The monoisotopic (exact) mass is 474 g/mol. The molecule has 32 heavy (non-hydrogen) atoms. The van der Waals surface area contributed by atoms with Gasteiger partial charge in [-0.3, -0.25) is 14.5 Å². The maximum absolute atomic E-state index is 13.1. The van der Waals surface area contributed by atoms with Gasteiger partial charge in [0.05, 0.1) is 24.8 Å². The van der Waals surface area contributed by atoms with Crippen molar-refractivity contribution >= 4 is 40.7 Å². The molecule has 0 saturated carbocycles. The van der Waals surface area contributed by atoms with E-state index < -0.39 is 17.7 Å². The SMILES string of the molecule is Cc1ccc(/C(O)=C2\C(=O)C(=O)N(CCN3CCOCC3)[C@@H]2c2ccc(Cl)cc2Cl)cc1. The number of morpholine rings is 1.